The van der Waals surface area contributed by atoms with Crippen LogP contribution in [-0.2, 0) is 10.0 Å². The van der Waals surface area contributed by atoms with Crippen LogP contribution in [0.3, 0.4) is 0 Å². The first-order chi connectivity index (χ1) is 16.5. The van der Waals surface area contributed by atoms with Crippen molar-refractivity contribution in [2.75, 3.05) is 43.6 Å². The zero-order chi connectivity index (χ0) is 25.8. The van der Waals surface area contributed by atoms with E-state index in [0.29, 0.717) is 11.4 Å². The van der Waals surface area contributed by atoms with Crippen LogP contribution in [0, 0.1) is 5.92 Å². The summed E-state index contributed by atoms with van der Waals surface area (Å²) in [6, 6.07) is 12.7. The van der Waals surface area contributed by atoms with Gasteiger partial charge in [0.25, 0.3) is 5.91 Å². The van der Waals surface area contributed by atoms with Gasteiger partial charge in [0, 0.05) is 30.9 Å². The van der Waals surface area contributed by atoms with Gasteiger partial charge in [0.1, 0.15) is 11.9 Å². The lowest BCUT2D eigenvalue weighted by molar-refractivity contribution is 0.0387. The fourth-order valence-electron chi connectivity index (χ4n) is 3.72. The maximum Gasteiger partial charge on any atom is 0.323 e. The average Bonchev–Trinajstić information content (AvgIpc) is 2.81. The van der Waals surface area contributed by atoms with Crippen LogP contribution in [0.1, 0.15) is 24.2 Å². The summed E-state index contributed by atoms with van der Waals surface area (Å²) >= 11 is 0. The molecule has 35 heavy (non-hydrogen) atoms. The van der Waals surface area contributed by atoms with Gasteiger partial charge in [-0.1, -0.05) is 25.1 Å². The summed E-state index contributed by atoms with van der Waals surface area (Å²) in [5.41, 5.74) is 1.20. The third-order valence-corrected chi connectivity index (χ3v) is 7.24. The van der Waals surface area contributed by atoms with Gasteiger partial charge in [-0.2, -0.15) is 0 Å². The first kappa shape index (κ1) is 26.5. The molecule has 3 atom stereocenters. The number of nitrogens with zero attached hydrogens (tertiary/aromatic N) is 2. The number of fused-ring (bicyclic) bond motifs is 1. The van der Waals surface area contributed by atoms with Crippen LogP contribution in [0.5, 0.6) is 5.75 Å². The highest BCUT2D eigenvalue weighted by atomic mass is 32.2. The molecule has 10 nitrogen and oxygen atoms in total. The van der Waals surface area contributed by atoms with Crippen molar-refractivity contribution in [2.45, 2.75) is 26.0 Å². The van der Waals surface area contributed by atoms with Gasteiger partial charge in [-0.3, -0.25) is 4.79 Å². The van der Waals surface area contributed by atoms with Gasteiger partial charge in [-0.25, -0.2) is 17.5 Å². The van der Waals surface area contributed by atoms with E-state index in [9.17, 15) is 23.1 Å². The van der Waals surface area contributed by atoms with E-state index in [1.54, 1.807) is 48.2 Å². The second-order valence-corrected chi connectivity index (χ2v) is 10.9. The summed E-state index contributed by atoms with van der Waals surface area (Å²) in [7, 11) is -1.96. The number of anilines is 2. The van der Waals surface area contributed by atoms with Crippen molar-refractivity contribution >= 4 is 33.3 Å². The summed E-state index contributed by atoms with van der Waals surface area (Å²) in [6.45, 7) is 3.72. The van der Waals surface area contributed by atoms with Crippen LogP contribution >= 0.6 is 0 Å². The molecule has 0 spiro atoms. The Morgan fingerprint density at radius 2 is 1.86 bits per heavy atom. The average molecular weight is 505 g/mol. The number of likely N-dealkylation sites (N-methyl/N-ethyl adjacent to an activating group) is 1. The van der Waals surface area contributed by atoms with E-state index >= 15 is 0 Å². The summed E-state index contributed by atoms with van der Waals surface area (Å²) in [6.07, 6.45) is 0.576. The third-order valence-electron chi connectivity index (χ3n) is 5.96. The van der Waals surface area contributed by atoms with Crippen molar-refractivity contribution in [1.82, 2.24) is 9.21 Å². The molecule has 0 bridgehead atoms. The topological polar surface area (TPSA) is 128 Å². The monoisotopic (exact) mass is 504 g/mol. The van der Waals surface area contributed by atoms with Crippen molar-refractivity contribution in [2.24, 2.45) is 5.92 Å². The number of aliphatic hydroxyl groups excluding tert-OH is 1. The number of benzene rings is 2. The smallest absolute Gasteiger partial charge is 0.323 e. The molecule has 1 aliphatic rings. The molecule has 11 heteroatoms. The van der Waals surface area contributed by atoms with E-state index in [-0.39, 0.29) is 42.8 Å². The highest BCUT2D eigenvalue weighted by molar-refractivity contribution is 7.88. The maximum absolute atomic E-state index is 13.5. The Balaban J connectivity index is 1.91. The molecule has 3 N–H and O–H groups in total. The number of rotatable bonds is 7. The van der Waals surface area contributed by atoms with Gasteiger partial charge in [0.15, 0.2) is 0 Å². The number of urea groups is 1. The van der Waals surface area contributed by atoms with Gasteiger partial charge < -0.3 is 25.4 Å². The zero-order valence-electron chi connectivity index (χ0n) is 20.3. The molecule has 0 radical (unpaired) electrons. The molecule has 2 aromatic rings. The lowest BCUT2D eigenvalue weighted by Gasteiger charge is -2.38. The summed E-state index contributed by atoms with van der Waals surface area (Å²) in [5.74, 6) is -0.298. The van der Waals surface area contributed by atoms with Gasteiger partial charge in [-0.15, -0.1) is 0 Å². The molecule has 1 heterocycles. The highest BCUT2D eigenvalue weighted by Gasteiger charge is 2.34. The number of para-hydroxylation sites is 1. The third kappa shape index (κ3) is 6.71. The number of aliphatic hydroxyl groups is 1. The standard InChI is InChI=1S/C24H32N4O6S/c1-16-13-28(17(2)15-29)23(30)20-12-19(26-24(31)25-18-8-6-5-7-9-18)10-11-21(20)34-22(16)14-27(3)35(4,32)33/h5-12,16-17,22,29H,13-15H2,1-4H3,(H2,25,26,31)/t16-,17+,22+/m1/s1. The molecule has 0 unspecified atom stereocenters. The Bertz CT molecular complexity index is 1160. The number of sulfonamides is 1. The number of hydrogen-bond donors (Lipinski definition) is 3. The van der Waals surface area contributed by atoms with Crippen molar-refractivity contribution in [3.05, 3.63) is 54.1 Å². The normalized spacial score (nSPS) is 19.3. The van der Waals surface area contributed by atoms with Crippen molar-refractivity contribution < 1.29 is 27.9 Å². The summed E-state index contributed by atoms with van der Waals surface area (Å²) in [5, 5.41) is 15.2. The second-order valence-electron chi connectivity index (χ2n) is 8.82. The molecule has 2 aromatic carbocycles. The predicted molar refractivity (Wildman–Crippen MR) is 134 cm³/mol. The maximum atomic E-state index is 13.5. The Labute approximate surface area is 205 Å². The van der Waals surface area contributed by atoms with Crippen molar-refractivity contribution in [1.29, 1.82) is 0 Å². The molecule has 3 amide bonds. The molecular weight excluding hydrogens is 472 g/mol. The van der Waals surface area contributed by atoms with Crippen molar-refractivity contribution in [3.63, 3.8) is 0 Å². The minimum atomic E-state index is -3.44. The molecular formula is C24H32N4O6S. The number of hydrogen-bond acceptors (Lipinski definition) is 6. The number of nitrogens with one attached hydrogen (secondary N) is 2. The fraction of sp³-hybridized carbons (Fsp3) is 0.417. The van der Waals surface area contributed by atoms with E-state index in [1.807, 2.05) is 13.0 Å². The Morgan fingerprint density at radius 1 is 1.20 bits per heavy atom. The number of amides is 3. The lowest BCUT2D eigenvalue weighted by Crippen LogP contribution is -2.50. The van der Waals surface area contributed by atoms with E-state index in [1.165, 1.54) is 17.4 Å². The van der Waals surface area contributed by atoms with Gasteiger partial charge in [-0.05, 0) is 37.3 Å². The first-order valence-electron chi connectivity index (χ1n) is 11.3. The molecule has 0 saturated carbocycles. The van der Waals surface area contributed by atoms with Crippen LogP contribution in [0.4, 0.5) is 16.2 Å². The highest BCUT2D eigenvalue weighted by Crippen LogP contribution is 2.31. The zero-order valence-corrected chi connectivity index (χ0v) is 21.1. The quantitative estimate of drug-likeness (QED) is 0.531. The Morgan fingerprint density at radius 3 is 2.49 bits per heavy atom. The number of carbonyl (C=O) groups is 2. The fourth-order valence-corrected chi connectivity index (χ4v) is 4.14. The minimum Gasteiger partial charge on any atom is -0.488 e. The SMILES string of the molecule is C[C@@H]1CN([C@@H](C)CO)C(=O)c2cc(NC(=O)Nc3ccccc3)ccc2O[C@H]1CN(C)S(C)(=O)=O. The van der Waals surface area contributed by atoms with Gasteiger partial charge >= 0.3 is 6.03 Å². The minimum absolute atomic E-state index is 0.0917. The predicted octanol–water partition coefficient (Wildman–Crippen LogP) is 2.44. The number of ether oxygens (including phenoxy) is 1. The van der Waals surface area contributed by atoms with Crippen LogP contribution in [0.25, 0.3) is 0 Å². The molecule has 0 aliphatic carbocycles. The van der Waals surface area contributed by atoms with E-state index in [2.05, 4.69) is 10.6 Å². The molecule has 3 rings (SSSR count). The second kappa shape index (κ2) is 11.1. The Kier molecular flexibility index (Phi) is 8.36. The van der Waals surface area contributed by atoms with Crippen molar-refractivity contribution in [3.8, 4) is 5.75 Å². The molecule has 0 saturated heterocycles. The van der Waals surface area contributed by atoms with Crippen LogP contribution < -0.4 is 15.4 Å². The van der Waals surface area contributed by atoms with E-state index in [0.717, 1.165) is 6.26 Å². The lowest BCUT2D eigenvalue weighted by atomic mass is 9.99. The van der Waals surface area contributed by atoms with Gasteiger partial charge in [0.05, 0.1) is 31.0 Å². The van der Waals surface area contributed by atoms with E-state index in [4.69, 9.17) is 4.74 Å². The van der Waals surface area contributed by atoms with Gasteiger partial charge in [0.2, 0.25) is 10.0 Å². The van der Waals surface area contributed by atoms with Crippen LogP contribution in [0.15, 0.2) is 48.5 Å². The summed E-state index contributed by atoms with van der Waals surface area (Å²) < 4.78 is 31.3. The molecule has 0 aromatic heterocycles. The van der Waals surface area contributed by atoms with E-state index < -0.39 is 28.2 Å². The molecule has 190 valence electrons. The Hall–Kier alpha value is -3.15. The number of carbonyl (C=O) groups excluding carboxylic acids is 2. The molecule has 1 aliphatic heterocycles. The van der Waals surface area contributed by atoms with Crippen LogP contribution in [-0.4, -0.2) is 79.8 Å². The molecule has 0 fully saturated rings. The van der Waals surface area contributed by atoms with Crippen LogP contribution in [0.2, 0.25) is 0 Å². The summed E-state index contributed by atoms with van der Waals surface area (Å²) in [4.78, 5) is 27.4. The first-order valence-corrected chi connectivity index (χ1v) is 13.1. The largest absolute Gasteiger partial charge is 0.488 e.